The molecule has 6 heteroatoms. The number of thioether (sulfide) groups is 1. The zero-order valence-corrected chi connectivity index (χ0v) is 24.2. The van der Waals surface area contributed by atoms with Gasteiger partial charge < -0.3 is 0 Å². The van der Waals surface area contributed by atoms with E-state index in [-0.39, 0.29) is 24.0 Å². The van der Waals surface area contributed by atoms with Gasteiger partial charge in [0, 0.05) is 5.69 Å². The van der Waals surface area contributed by atoms with Crippen molar-refractivity contribution in [3.8, 4) is 5.69 Å². The van der Waals surface area contributed by atoms with Crippen LogP contribution in [-0.2, 0) is 0 Å². The molecule has 0 aliphatic heterocycles. The second-order valence-electron chi connectivity index (χ2n) is 8.33. The zero-order valence-electron chi connectivity index (χ0n) is 20.2. The van der Waals surface area contributed by atoms with Crippen molar-refractivity contribution < 1.29 is 0 Å². The third kappa shape index (κ3) is 4.68. The molecule has 0 radical (unpaired) electrons. The molecule has 0 bridgehead atoms. The van der Waals surface area contributed by atoms with Gasteiger partial charge in [-0.1, -0.05) is 72.3 Å². The Morgan fingerprint density at radius 1 is 0.694 bits per heavy atom. The molecule has 5 rings (SSSR count). The number of benzene rings is 4. The highest BCUT2D eigenvalue weighted by Crippen LogP contribution is 2.54. The van der Waals surface area contributed by atoms with E-state index in [0.29, 0.717) is 5.49 Å². The monoisotopic (exact) mass is 620 g/mol. The van der Waals surface area contributed by atoms with Crippen molar-refractivity contribution in [2.24, 2.45) is 0 Å². The minimum atomic E-state index is -2.45. The van der Waals surface area contributed by atoms with Gasteiger partial charge in [-0.3, -0.25) is 9.98 Å². The van der Waals surface area contributed by atoms with Crippen LogP contribution in [0.4, 0.5) is 0 Å². The number of aromatic nitrogens is 2. The van der Waals surface area contributed by atoms with Crippen LogP contribution in [-0.4, -0.2) is 15.8 Å². The predicted molar refractivity (Wildman–Crippen MR) is 166 cm³/mol. The molecule has 180 valence electrons. The van der Waals surface area contributed by atoms with Gasteiger partial charge in [0.05, 0.1) is 0 Å². The number of rotatable bonds is 6. The molecule has 0 atom stereocenters. The van der Waals surface area contributed by atoms with Crippen LogP contribution < -0.4 is 26.7 Å². The second-order valence-corrected chi connectivity index (χ2v) is 12.5. The summed E-state index contributed by atoms with van der Waals surface area (Å²) in [6.07, 6.45) is 3.84. The van der Waals surface area contributed by atoms with Crippen molar-refractivity contribution in [2.75, 3.05) is 6.26 Å². The molecule has 1 aromatic heterocycles. The Kier molecular flexibility index (Phi) is 8.45. The van der Waals surface area contributed by atoms with Crippen LogP contribution in [0.2, 0.25) is 0 Å². The largest absolute Gasteiger partial charge is 0.282 e. The van der Waals surface area contributed by atoms with Gasteiger partial charge >= 0.3 is 0 Å². The van der Waals surface area contributed by atoms with Crippen molar-refractivity contribution in [1.29, 1.82) is 5.41 Å². The lowest BCUT2D eigenvalue weighted by Gasteiger charge is -2.29. The Bertz CT molecular complexity index is 1390. The van der Waals surface area contributed by atoms with Crippen molar-refractivity contribution >= 4 is 64.2 Å². The highest BCUT2D eigenvalue weighted by Gasteiger charge is 2.51. The average molecular weight is 621 g/mol. The predicted octanol–water partition coefficient (Wildman–Crippen LogP) is 5.62. The number of hydrogen-bond acceptors (Lipinski definition) is 3. The standard InChI is InChI=1S/C30H27N3PS.HI/c1-23-18-20-24(21-19-23)33-22-32-30(35-2)28(29(33)31)34(25-12-6-3-7-13-25,26-14-8-4-9-15-26)27-16-10-5-11-17-27;/h3-22,31H,1-2H3;1H/q+1;. The van der Waals surface area contributed by atoms with E-state index in [1.807, 2.05) is 4.57 Å². The van der Waals surface area contributed by atoms with E-state index in [9.17, 15) is 5.41 Å². The maximum Gasteiger partial charge on any atom is 0.184 e. The van der Waals surface area contributed by atoms with Crippen LogP contribution >= 0.6 is 43.0 Å². The van der Waals surface area contributed by atoms with Gasteiger partial charge in [-0.05, 0) is 61.7 Å². The van der Waals surface area contributed by atoms with E-state index in [4.69, 9.17) is 4.98 Å². The van der Waals surface area contributed by atoms with Gasteiger partial charge in [-0.15, -0.1) is 35.7 Å². The van der Waals surface area contributed by atoms with E-state index < -0.39 is 7.26 Å². The van der Waals surface area contributed by atoms with E-state index in [2.05, 4.69) is 128 Å². The Morgan fingerprint density at radius 3 is 1.56 bits per heavy atom. The Balaban J connectivity index is 0.00000304. The summed E-state index contributed by atoms with van der Waals surface area (Å²) in [4.78, 5) is 4.93. The minimum absolute atomic E-state index is 0. The molecule has 1 N–H and O–H groups in total. The molecular weight excluding hydrogens is 592 g/mol. The van der Waals surface area contributed by atoms with Crippen molar-refractivity contribution in [3.63, 3.8) is 0 Å². The van der Waals surface area contributed by atoms with Crippen molar-refractivity contribution in [3.05, 3.63) is 133 Å². The molecule has 3 nitrogen and oxygen atoms in total. The molecular formula is C30H28IN3PS+. The summed E-state index contributed by atoms with van der Waals surface area (Å²) in [6.45, 7) is 2.08. The lowest BCUT2D eigenvalue weighted by molar-refractivity contribution is 0.865. The van der Waals surface area contributed by atoms with Crippen LogP contribution in [0.25, 0.3) is 5.69 Å². The molecule has 0 saturated heterocycles. The fraction of sp³-hybridized carbons (Fsp3) is 0.0667. The lowest BCUT2D eigenvalue weighted by atomic mass is 10.2. The first-order chi connectivity index (χ1) is 17.2. The molecule has 5 aromatic rings. The average Bonchev–Trinajstić information content (AvgIpc) is 2.92. The number of halogens is 1. The first kappa shape index (κ1) is 26.3. The molecule has 0 amide bonds. The van der Waals surface area contributed by atoms with Gasteiger partial charge in [-0.25, -0.2) is 4.98 Å². The summed E-state index contributed by atoms with van der Waals surface area (Å²) >= 11 is 1.61. The summed E-state index contributed by atoms with van der Waals surface area (Å²) in [5, 5.41) is 15.1. The second kappa shape index (κ2) is 11.5. The summed E-state index contributed by atoms with van der Waals surface area (Å²) < 4.78 is 1.91. The normalized spacial score (nSPS) is 11.1. The SMILES string of the molecule is CSc1ncn(-c2ccc(C)cc2)c(=N)c1[P+](c1ccccc1)(c1ccccc1)c1ccccc1.I. The van der Waals surface area contributed by atoms with Crippen LogP contribution in [0.15, 0.2) is 127 Å². The summed E-state index contributed by atoms with van der Waals surface area (Å²) in [5.74, 6) is 0. The van der Waals surface area contributed by atoms with Crippen molar-refractivity contribution in [2.45, 2.75) is 11.9 Å². The van der Waals surface area contributed by atoms with Crippen LogP contribution in [0.1, 0.15) is 5.56 Å². The van der Waals surface area contributed by atoms with Gasteiger partial charge in [0.1, 0.15) is 27.3 Å². The van der Waals surface area contributed by atoms with E-state index in [1.165, 1.54) is 21.5 Å². The molecule has 0 spiro atoms. The number of hydrogen-bond donors (Lipinski definition) is 1. The van der Waals surface area contributed by atoms with E-state index in [1.54, 1.807) is 18.1 Å². The fourth-order valence-electron chi connectivity index (χ4n) is 4.59. The maximum absolute atomic E-state index is 9.62. The minimum Gasteiger partial charge on any atom is -0.282 e. The van der Waals surface area contributed by atoms with E-state index >= 15 is 0 Å². The van der Waals surface area contributed by atoms with E-state index in [0.717, 1.165) is 16.0 Å². The van der Waals surface area contributed by atoms with Crippen LogP contribution in [0.5, 0.6) is 0 Å². The van der Waals surface area contributed by atoms with Gasteiger partial charge in [-0.2, -0.15) is 0 Å². The Labute approximate surface area is 234 Å². The van der Waals surface area contributed by atoms with Gasteiger partial charge in [0.2, 0.25) is 0 Å². The third-order valence-corrected chi connectivity index (χ3v) is 11.4. The molecule has 1 heterocycles. The molecule has 0 unspecified atom stereocenters. The molecule has 0 fully saturated rings. The molecule has 0 saturated carbocycles. The topological polar surface area (TPSA) is 41.7 Å². The van der Waals surface area contributed by atoms with Crippen LogP contribution in [0, 0.1) is 12.3 Å². The summed E-state index contributed by atoms with van der Waals surface area (Å²) in [5.41, 5.74) is 2.60. The number of aryl methyl sites for hydroxylation is 1. The molecule has 36 heavy (non-hydrogen) atoms. The first-order valence-corrected chi connectivity index (χ1v) is 14.5. The van der Waals surface area contributed by atoms with Gasteiger partial charge in [0.25, 0.3) is 0 Å². The maximum atomic E-state index is 9.62. The quantitative estimate of drug-likeness (QED) is 0.116. The number of nitrogens with zero attached hydrogens (tertiary/aromatic N) is 2. The Morgan fingerprint density at radius 2 is 1.14 bits per heavy atom. The van der Waals surface area contributed by atoms with Gasteiger partial charge in [0.15, 0.2) is 18.1 Å². The number of nitrogens with one attached hydrogen (secondary N) is 1. The first-order valence-electron chi connectivity index (χ1n) is 11.5. The molecule has 0 aliphatic rings. The zero-order chi connectivity index (χ0) is 24.3. The highest BCUT2D eigenvalue weighted by atomic mass is 127. The third-order valence-electron chi connectivity index (χ3n) is 6.23. The lowest BCUT2D eigenvalue weighted by Crippen LogP contribution is -2.48. The summed E-state index contributed by atoms with van der Waals surface area (Å²) in [7, 11) is -2.45. The highest BCUT2D eigenvalue weighted by molar-refractivity contribution is 14.0. The van der Waals surface area contributed by atoms with Crippen LogP contribution in [0.3, 0.4) is 0 Å². The molecule has 4 aromatic carbocycles. The summed E-state index contributed by atoms with van der Waals surface area (Å²) in [6, 6.07) is 40.3. The Hall–Kier alpha value is -2.73. The van der Waals surface area contributed by atoms with Crippen molar-refractivity contribution in [1.82, 2.24) is 9.55 Å². The molecule has 0 aliphatic carbocycles. The fourth-order valence-corrected chi connectivity index (χ4v) is 10.0. The smallest absolute Gasteiger partial charge is 0.184 e.